The Morgan fingerprint density at radius 1 is 1.33 bits per heavy atom. The predicted molar refractivity (Wildman–Crippen MR) is 67.3 cm³/mol. The third kappa shape index (κ3) is 3.70. The first-order chi connectivity index (χ1) is 8.42. The van der Waals surface area contributed by atoms with Crippen molar-refractivity contribution in [1.82, 2.24) is 5.32 Å². The predicted octanol–water partition coefficient (Wildman–Crippen LogP) is 1.70. The highest BCUT2D eigenvalue weighted by Gasteiger charge is 2.35. The van der Waals surface area contributed by atoms with Gasteiger partial charge in [0.05, 0.1) is 18.1 Å². The average molecular weight is 257 g/mol. The molecular weight excluding hydrogens is 234 g/mol. The van der Waals surface area contributed by atoms with Crippen LogP contribution in [0.5, 0.6) is 0 Å². The zero-order valence-corrected chi connectivity index (χ0v) is 11.4. The van der Waals surface area contributed by atoms with E-state index >= 15 is 0 Å². The fourth-order valence-corrected chi connectivity index (χ4v) is 2.35. The lowest BCUT2D eigenvalue weighted by molar-refractivity contribution is -0.140. The number of aliphatic carboxylic acids is 1. The van der Waals surface area contributed by atoms with E-state index in [0.29, 0.717) is 19.3 Å². The van der Waals surface area contributed by atoms with Crippen molar-refractivity contribution in [3.8, 4) is 0 Å². The molecule has 0 spiro atoms. The van der Waals surface area contributed by atoms with Gasteiger partial charge in [0, 0.05) is 0 Å². The third-order valence-electron chi connectivity index (χ3n) is 3.76. The van der Waals surface area contributed by atoms with Crippen molar-refractivity contribution in [3.05, 3.63) is 0 Å². The molecule has 0 radical (unpaired) electrons. The van der Waals surface area contributed by atoms with Gasteiger partial charge in [-0.1, -0.05) is 13.8 Å². The van der Waals surface area contributed by atoms with Gasteiger partial charge in [0.15, 0.2) is 0 Å². The molecule has 0 bridgehead atoms. The Labute approximate surface area is 108 Å². The van der Waals surface area contributed by atoms with E-state index in [1.165, 1.54) is 0 Å². The summed E-state index contributed by atoms with van der Waals surface area (Å²) in [5.74, 6) is -1.07. The minimum Gasteiger partial charge on any atom is -0.481 e. The molecule has 0 aromatic heterocycles. The molecule has 1 aliphatic rings. The Kier molecular flexibility index (Phi) is 5.14. The Morgan fingerprint density at radius 3 is 2.33 bits per heavy atom. The Morgan fingerprint density at radius 2 is 1.94 bits per heavy atom. The Balaban J connectivity index is 2.65. The highest BCUT2D eigenvalue weighted by atomic mass is 16.5. The van der Waals surface area contributed by atoms with Crippen LogP contribution in [0.3, 0.4) is 0 Å². The zero-order valence-electron chi connectivity index (χ0n) is 11.4. The first-order valence-corrected chi connectivity index (χ1v) is 6.61. The fourth-order valence-electron chi connectivity index (χ4n) is 2.35. The van der Waals surface area contributed by atoms with Gasteiger partial charge in [-0.25, -0.2) is 0 Å². The molecule has 2 unspecified atom stereocenters. The smallest absolute Gasteiger partial charge is 0.305 e. The van der Waals surface area contributed by atoms with Crippen molar-refractivity contribution in [3.63, 3.8) is 0 Å². The van der Waals surface area contributed by atoms with Gasteiger partial charge in [0.2, 0.25) is 5.91 Å². The summed E-state index contributed by atoms with van der Waals surface area (Å²) in [5.41, 5.74) is -0.655. The number of carbonyl (C=O) groups is 2. The summed E-state index contributed by atoms with van der Waals surface area (Å²) in [4.78, 5) is 23.0. The molecule has 0 aliphatic carbocycles. The van der Waals surface area contributed by atoms with Crippen molar-refractivity contribution >= 4 is 11.9 Å². The number of hydrogen-bond acceptors (Lipinski definition) is 3. The first kappa shape index (κ1) is 15.0. The highest BCUT2D eigenvalue weighted by molar-refractivity contribution is 5.82. The zero-order chi connectivity index (χ0) is 13.8. The molecule has 18 heavy (non-hydrogen) atoms. The molecule has 1 heterocycles. The largest absolute Gasteiger partial charge is 0.481 e. The number of hydrogen-bond donors (Lipinski definition) is 2. The van der Waals surface area contributed by atoms with Gasteiger partial charge < -0.3 is 15.2 Å². The summed E-state index contributed by atoms with van der Waals surface area (Å²) in [7, 11) is 0. The van der Waals surface area contributed by atoms with Crippen LogP contribution in [0.1, 0.15) is 52.9 Å². The van der Waals surface area contributed by atoms with Crippen molar-refractivity contribution in [2.24, 2.45) is 0 Å². The van der Waals surface area contributed by atoms with Gasteiger partial charge in [-0.15, -0.1) is 0 Å². The number of carbonyl (C=O) groups excluding carboxylic acids is 1. The normalized spacial score (nSPS) is 23.9. The lowest BCUT2D eigenvalue weighted by Crippen LogP contribution is -2.52. The average Bonchev–Trinajstić information content (AvgIpc) is 2.74. The Bertz CT molecular complexity index is 312. The number of ether oxygens (including phenoxy) is 1. The summed E-state index contributed by atoms with van der Waals surface area (Å²) in [6, 6.07) is 0. The molecule has 104 valence electrons. The van der Waals surface area contributed by atoms with E-state index in [4.69, 9.17) is 9.84 Å². The van der Waals surface area contributed by atoms with Crippen LogP contribution in [0.15, 0.2) is 0 Å². The van der Waals surface area contributed by atoms with Crippen LogP contribution in [0.25, 0.3) is 0 Å². The molecule has 5 heteroatoms. The van der Waals surface area contributed by atoms with Gasteiger partial charge in [0.25, 0.3) is 0 Å². The van der Waals surface area contributed by atoms with Gasteiger partial charge in [-0.05, 0) is 32.6 Å². The highest BCUT2D eigenvalue weighted by Crippen LogP contribution is 2.23. The van der Waals surface area contributed by atoms with Gasteiger partial charge >= 0.3 is 5.97 Å². The number of carboxylic acid groups (broad SMARTS) is 1. The number of nitrogens with one attached hydrogen (secondary N) is 1. The number of carboxylic acids is 1. The van der Waals surface area contributed by atoms with E-state index in [1.54, 1.807) is 0 Å². The molecule has 1 saturated heterocycles. The van der Waals surface area contributed by atoms with Crippen molar-refractivity contribution < 1.29 is 19.4 Å². The van der Waals surface area contributed by atoms with Crippen molar-refractivity contribution in [1.29, 1.82) is 0 Å². The van der Waals surface area contributed by atoms with Gasteiger partial charge in [-0.2, -0.15) is 0 Å². The van der Waals surface area contributed by atoms with Gasteiger partial charge in [-0.3, -0.25) is 9.59 Å². The van der Waals surface area contributed by atoms with Crippen LogP contribution in [0.2, 0.25) is 0 Å². The molecule has 1 amide bonds. The topological polar surface area (TPSA) is 75.6 Å². The molecule has 5 nitrogen and oxygen atoms in total. The molecule has 2 N–H and O–H groups in total. The second kappa shape index (κ2) is 6.18. The van der Waals surface area contributed by atoms with Gasteiger partial charge in [0.1, 0.15) is 6.10 Å². The van der Waals surface area contributed by atoms with Crippen molar-refractivity contribution in [2.75, 3.05) is 0 Å². The number of rotatable bonds is 6. The van der Waals surface area contributed by atoms with Crippen LogP contribution in [0.4, 0.5) is 0 Å². The van der Waals surface area contributed by atoms with Crippen LogP contribution in [-0.4, -0.2) is 34.7 Å². The van der Waals surface area contributed by atoms with E-state index in [2.05, 4.69) is 5.32 Å². The molecule has 1 aliphatic heterocycles. The summed E-state index contributed by atoms with van der Waals surface area (Å²) < 4.78 is 5.50. The van der Waals surface area contributed by atoms with E-state index < -0.39 is 17.6 Å². The first-order valence-electron chi connectivity index (χ1n) is 6.61. The number of amides is 1. The van der Waals surface area contributed by atoms with Crippen molar-refractivity contribution in [2.45, 2.75) is 70.6 Å². The standard InChI is InChI=1S/C13H23NO4/c1-4-13(5-2,8-11(15)16)14-12(17)10-7-6-9(3)18-10/h9-10H,4-8H2,1-3H3,(H,14,17)(H,15,16). The summed E-state index contributed by atoms with van der Waals surface area (Å²) in [6.07, 6.45) is 2.43. The molecule has 2 atom stereocenters. The minimum atomic E-state index is -0.889. The summed E-state index contributed by atoms with van der Waals surface area (Å²) in [5, 5.41) is 11.8. The molecule has 1 fully saturated rings. The van der Waals surface area contributed by atoms with Crippen LogP contribution in [0, 0.1) is 0 Å². The van der Waals surface area contributed by atoms with E-state index in [1.807, 2.05) is 20.8 Å². The lowest BCUT2D eigenvalue weighted by Gasteiger charge is -2.32. The minimum absolute atomic E-state index is 0.0476. The fraction of sp³-hybridized carbons (Fsp3) is 0.846. The van der Waals surface area contributed by atoms with E-state index in [-0.39, 0.29) is 18.4 Å². The van der Waals surface area contributed by atoms with Crippen LogP contribution >= 0.6 is 0 Å². The molecule has 0 saturated carbocycles. The quantitative estimate of drug-likeness (QED) is 0.759. The molecule has 0 aromatic carbocycles. The maximum atomic E-state index is 12.1. The van der Waals surface area contributed by atoms with E-state index in [9.17, 15) is 9.59 Å². The second-order valence-electron chi connectivity index (χ2n) is 5.06. The summed E-state index contributed by atoms with van der Waals surface area (Å²) >= 11 is 0. The lowest BCUT2D eigenvalue weighted by atomic mass is 9.88. The maximum absolute atomic E-state index is 12.1. The molecule has 1 rings (SSSR count). The molecule has 0 aromatic rings. The van der Waals surface area contributed by atoms with Crippen LogP contribution < -0.4 is 5.32 Å². The Hall–Kier alpha value is -1.10. The summed E-state index contributed by atoms with van der Waals surface area (Å²) in [6.45, 7) is 5.73. The van der Waals surface area contributed by atoms with Crippen LogP contribution in [-0.2, 0) is 14.3 Å². The maximum Gasteiger partial charge on any atom is 0.305 e. The second-order valence-corrected chi connectivity index (χ2v) is 5.06. The third-order valence-corrected chi connectivity index (χ3v) is 3.76. The van der Waals surface area contributed by atoms with E-state index in [0.717, 1.165) is 6.42 Å². The monoisotopic (exact) mass is 257 g/mol. The SMILES string of the molecule is CCC(CC)(CC(=O)O)NC(=O)C1CCC(C)O1. The molecular formula is C13H23NO4.